The van der Waals surface area contributed by atoms with E-state index in [0.29, 0.717) is 6.04 Å². The average molecular weight is 331 g/mol. The van der Waals surface area contributed by atoms with Gasteiger partial charge in [-0.25, -0.2) is 0 Å². The molecule has 0 amide bonds. The van der Waals surface area contributed by atoms with Crippen molar-refractivity contribution in [2.75, 3.05) is 26.2 Å². The number of piperidine rings is 1. The molecule has 1 atom stereocenters. The number of nitro groups is 1. The summed E-state index contributed by atoms with van der Waals surface area (Å²) in [5.74, 6) is 0.796. The van der Waals surface area contributed by atoms with E-state index < -0.39 is 0 Å². The first-order valence-electron chi connectivity index (χ1n) is 9.38. The second kappa shape index (κ2) is 8.08. The summed E-state index contributed by atoms with van der Waals surface area (Å²) in [7, 11) is 0. The molecule has 0 saturated carbocycles. The van der Waals surface area contributed by atoms with Gasteiger partial charge in [0.1, 0.15) is 0 Å². The molecule has 132 valence electrons. The fourth-order valence-electron chi connectivity index (χ4n) is 4.26. The van der Waals surface area contributed by atoms with Crippen molar-refractivity contribution < 1.29 is 4.92 Å². The monoisotopic (exact) mass is 331 g/mol. The molecule has 1 N–H and O–H groups in total. The van der Waals surface area contributed by atoms with Crippen LogP contribution in [-0.4, -0.2) is 42.0 Å². The number of nitrogens with one attached hydrogen (secondary N) is 1. The van der Waals surface area contributed by atoms with Gasteiger partial charge in [-0.05, 0) is 75.2 Å². The Kier molecular flexibility index (Phi) is 5.85. The van der Waals surface area contributed by atoms with Gasteiger partial charge in [0.25, 0.3) is 5.69 Å². The summed E-state index contributed by atoms with van der Waals surface area (Å²) < 4.78 is 0. The van der Waals surface area contributed by atoms with Crippen molar-refractivity contribution in [1.29, 1.82) is 0 Å². The summed E-state index contributed by atoms with van der Waals surface area (Å²) in [5, 5.41) is 14.5. The molecule has 1 aliphatic carbocycles. The van der Waals surface area contributed by atoms with Gasteiger partial charge in [0.15, 0.2) is 0 Å². The molecular weight excluding hydrogens is 302 g/mol. The van der Waals surface area contributed by atoms with Crippen LogP contribution in [0.25, 0.3) is 0 Å². The highest BCUT2D eigenvalue weighted by Crippen LogP contribution is 2.29. The number of nitro benzene ring substituents is 1. The van der Waals surface area contributed by atoms with Crippen molar-refractivity contribution >= 4 is 5.69 Å². The summed E-state index contributed by atoms with van der Waals surface area (Å²) in [5.41, 5.74) is 2.72. The Hall–Kier alpha value is -1.46. The van der Waals surface area contributed by atoms with Crippen molar-refractivity contribution in [3.63, 3.8) is 0 Å². The molecule has 0 aromatic heterocycles. The zero-order valence-electron chi connectivity index (χ0n) is 14.7. The van der Waals surface area contributed by atoms with E-state index in [0.717, 1.165) is 38.4 Å². The third kappa shape index (κ3) is 4.14. The molecule has 3 rings (SSSR count). The number of nitrogens with zero attached hydrogens (tertiary/aromatic N) is 2. The number of non-ortho nitro benzene ring substituents is 1. The van der Waals surface area contributed by atoms with E-state index in [4.69, 9.17) is 0 Å². The molecule has 1 saturated heterocycles. The molecule has 1 unspecified atom stereocenters. The van der Waals surface area contributed by atoms with E-state index in [1.54, 1.807) is 12.1 Å². The van der Waals surface area contributed by atoms with E-state index in [1.807, 2.05) is 6.07 Å². The molecule has 1 aliphatic heterocycles. The van der Waals surface area contributed by atoms with Crippen LogP contribution in [0, 0.1) is 16.0 Å². The smallest absolute Gasteiger partial charge is 0.269 e. The summed E-state index contributed by atoms with van der Waals surface area (Å²) in [6.45, 7) is 6.86. The predicted octanol–water partition coefficient (Wildman–Crippen LogP) is 3.16. The lowest BCUT2D eigenvalue weighted by Crippen LogP contribution is -2.44. The second-order valence-electron chi connectivity index (χ2n) is 7.30. The first-order valence-corrected chi connectivity index (χ1v) is 9.38. The molecule has 1 heterocycles. The van der Waals surface area contributed by atoms with Crippen LogP contribution in [0.4, 0.5) is 5.69 Å². The Bertz CT molecular complexity index is 570. The van der Waals surface area contributed by atoms with Crippen LogP contribution in [-0.2, 0) is 12.8 Å². The topological polar surface area (TPSA) is 58.4 Å². The Balaban J connectivity index is 1.70. The SMILES string of the molecule is CCCN(CC1CCNCC1)C1CCc2ccc([N+](=O)[O-])cc2C1. The number of hydrogen-bond acceptors (Lipinski definition) is 4. The van der Waals surface area contributed by atoms with Crippen LogP contribution in [0.5, 0.6) is 0 Å². The molecule has 1 aromatic carbocycles. The molecule has 2 aliphatic rings. The minimum atomic E-state index is -0.275. The Labute approximate surface area is 144 Å². The minimum Gasteiger partial charge on any atom is -0.317 e. The minimum absolute atomic E-state index is 0.231. The van der Waals surface area contributed by atoms with E-state index in [2.05, 4.69) is 17.1 Å². The molecule has 5 nitrogen and oxygen atoms in total. The van der Waals surface area contributed by atoms with Crippen molar-refractivity contribution in [2.45, 2.75) is 51.5 Å². The first kappa shape index (κ1) is 17.4. The molecule has 0 spiro atoms. The summed E-state index contributed by atoms with van der Waals surface area (Å²) in [6.07, 6.45) is 6.90. The van der Waals surface area contributed by atoms with Crippen molar-refractivity contribution in [3.8, 4) is 0 Å². The van der Waals surface area contributed by atoms with Crippen LogP contribution in [0.2, 0.25) is 0 Å². The van der Waals surface area contributed by atoms with Gasteiger partial charge in [-0.2, -0.15) is 0 Å². The lowest BCUT2D eigenvalue weighted by Gasteiger charge is -2.38. The molecule has 1 aromatic rings. The maximum atomic E-state index is 11.1. The summed E-state index contributed by atoms with van der Waals surface area (Å²) in [4.78, 5) is 13.4. The molecular formula is C19H29N3O2. The predicted molar refractivity (Wildman–Crippen MR) is 96.4 cm³/mol. The third-order valence-corrected chi connectivity index (χ3v) is 5.58. The van der Waals surface area contributed by atoms with Gasteiger partial charge in [-0.1, -0.05) is 13.0 Å². The van der Waals surface area contributed by atoms with Crippen molar-refractivity contribution in [2.24, 2.45) is 5.92 Å². The zero-order chi connectivity index (χ0) is 16.9. The summed E-state index contributed by atoms with van der Waals surface area (Å²) >= 11 is 0. The van der Waals surface area contributed by atoms with Gasteiger partial charge in [0.2, 0.25) is 0 Å². The largest absolute Gasteiger partial charge is 0.317 e. The third-order valence-electron chi connectivity index (χ3n) is 5.58. The number of benzene rings is 1. The van der Waals surface area contributed by atoms with Gasteiger partial charge < -0.3 is 5.32 Å². The van der Waals surface area contributed by atoms with Gasteiger partial charge in [-0.15, -0.1) is 0 Å². The average Bonchev–Trinajstić information content (AvgIpc) is 2.61. The fourth-order valence-corrected chi connectivity index (χ4v) is 4.26. The molecule has 0 radical (unpaired) electrons. The lowest BCUT2D eigenvalue weighted by atomic mass is 9.86. The Morgan fingerprint density at radius 2 is 2.04 bits per heavy atom. The van der Waals surface area contributed by atoms with E-state index in [9.17, 15) is 10.1 Å². The molecule has 5 heteroatoms. The fraction of sp³-hybridized carbons (Fsp3) is 0.684. The van der Waals surface area contributed by atoms with Gasteiger partial charge in [-0.3, -0.25) is 15.0 Å². The summed E-state index contributed by atoms with van der Waals surface area (Å²) in [6, 6.07) is 5.95. The van der Waals surface area contributed by atoms with Gasteiger partial charge in [0, 0.05) is 24.7 Å². The highest BCUT2D eigenvalue weighted by Gasteiger charge is 2.27. The van der Waals surface area contributed by atoms with E-state index in [1.165, 1.54) is 43.4 Å². The van der Waals surface area contributed by atoms with Crippen LogP contribution >= 0.6 is 0 Å². The van der Waals surface area contributed by atoms with Crippen LogP contribution in [0.3, 0.4) is 0 Å². The van der Waals surface area contributed by atoms with Gasteiger partial charge in [0.05, 0.1) is 4.92 Å². The first-order chi connectivity index (χ1) is 11.7. The van der Waals surface area contributed by atoms with Crippen LogP contribution < -0.4 is 5.32 Å². The number of rotatable bonds is 6. The Morgan fingerprint density at radius 3 is 2.75 bits per heavy atom. The normalized spacial score (nSPS) is 21.7. The highest BCUT2D eigenvalue weighted by atomic mass is 16.6. The number of fused-ring (bicyclic) bond motifs is 1. The standard InChI is InChI=1S/C19H29N3O2/c1-2-11-21(14-15-7-9-20-10-8-15)18-5-3-16-4-6-19(22(23)24)13-17(16)12-18/h4,6,13,15,18,20H,2-3,5,7-12,14H2,1H3. The van der Waals surface area contributed by atoms with E-state index >= 15 is 0 Å². The number of hydrogen-bond donors (Lipinski definition) is 1. The maximum absolute atomic E-state index is 11.1. The molecule has 24 heavy (non-hydrogen) atoms. The zero-order valence-corrected chi connectivity index (χ0v) is 14.7. The van der Waals surface area contributed by atoms with Crippen LogP contribution in [0.1, 0.15) is 43.7 Å². The molecule has 0 bridgehead atoms. The second-order valence-corrected chi connectivity index (χ2v) is 7.30. The van der Waals surface area contributed by atoms with E-state index in [-0.39, 0.29) is 10.6 Å². The van der Waals surface area contributed by atoms with Crippen molar-refractivity contribution in [1.82, 2.24) is 10.2 Å². The molecule has 1 fully saturated rings. The highest BCUT2D eigenvalue weighted by molar-refractivity contribution is 5.41. The number of aryl methyl sites for hydroxylation is 1. The Morgan fingerprint density at radius 1 is 1.25 bits per heavy atom. The van der Waals surface area contributed by atoms with Crippen molar-refractivity contribution in [3.05, 3.63) is 39.4 Å². The quantitative estimate of drug-likeness (QED) is 0.642. The van der Waals surface area contributed by atoms with Crippen LogP contribution in [0.15, 0.2) is 18.2 Å². The maximum Gasteiger partial charge on any atom is 0.269 e. The van der Waals surface area contributed by atoms with Gasteiger partial charge >= 0.3 is 0 Å². The lowest BCUT2D eigenvalue weighted by molar-refractivity contribution is -0.384.